The van der Waals surface area contributed by atoms with E-state index in [1.807, 2.05) is 38.1 Å². The molecule has 2 rings (SSSR count). The van der Waals surface area contributed by atoms with Gasteiger partial charge in [-0.2, -0.15) is 0 Å². The van der Waals surface area contributed by atoms with Gasteiger partial charge in [0.25, 0.3) is 0 Å². The van der Waals surface area contributed by atoms with Crippen molar-refractivity contribution in [2.75, 3.05) is 7.11 Å². The molecule has 112 valence electrons. The summed E-state index contributed by atoms with van der Waals surface area (Å²) in [4.78, 5) is 0. The monoisotopic (exact) mass is 352 g/mol. The Bertz CT molecular complexity index is 638. The van der Waals surface area contributed by atoms with Crippen LogP contribution in [0.25, 0.3) is 0 Å². The lowest BCUT2D eigenvalue weighted by Crippen LogP contribution is -2.30. The van der Waals surface area contributed by atoms with Crippen molar-refractivity contribution in [3.8, 4) is 5.75 Å². The Labute approximate surface area is 132 Å². The van der Waals surface area contributed by atoms with Gasteiger partial charge < -0.3 is 4.74 Å². The van der Waals surface area contributed by atoms with E-state index in [0.717, 1.165) is 26.9 Å². The quantitative estimate of drug-likeness (QED) is 0.650. The van der Waals surface area contributed by atoms with E-state index in [4.69, 9.17) is 10.6 Å². The molecule has 0 saturated carbocycles. The van der Waals surface area contributed by atoms with Gasteiger partial charge in [-0.25, -0.2) is 9.82 Å². The van der Waals surface area contributed by atoms with E-state index >= 15 is 0 Å². The average Bonchev–Trinajstić information content (AvgIpc) is 2.42. The standard InChI is InChI=1S/C16H18BrFN2O/c1-9-6-10(2)15(13(18)7-9)16(20-19)11-4-5-14(21-3)12(17)8-11/h4-8,16,20H,19H2,1-3H3. The zero-order valence-electron chi connectivity index (χ0n) is 12.2. The van der Waals surface area contributed by atoms with Crippen LogP contribution < -0.4 is 16.0 Å². The number of nitrogens with two attached hydrogens (primary N) is 1. The summed E-state index contributed by atoms with van der Waals surface area (Å²) in [6.07, 6.45) is 0. The van der Waals surface area contributed by atoms with Crippen LogP contribution in [0.5, 0.6) is 5.75 Å². The molecule has 0 bridgehead atoms. The molecule has 3 N–H and O–H groups in total. The third-order valence-electron chi connectivity index (χ3n) is 3.45. The molecule has 0 radical (unpaired) electrons. The smallest absolute Gasteiger partial charge is 0.133 e. The minimum Gasteiger partial charge on any atom is -0.496 e. The van der Waals surface area contributed by atoms with Crippen LogP contribution in [0.2, 0.25) is 0 Å². The third kappa shape index (κ3) is 3.26. The van der Waals surface area contributed by atoms with Gasteiger partial charge in [-0.1, -0.05) is 12.1 Å². The van der Waals surface area contributed by atoms with E-state index in [1.54, 1.807) is 7.11 Å². The van der Waals surface area contributed by atoms with Gasteiger partial charge in [0.1, 0.15) is 11.6 Å². The van der Waals surface area contributed by atoms with Gasteiger partial charge in [-0.05, 0) is 64.7 Å². The Morgan fingerprint density at radius 3 is 2.48 bits per heavy atom. The van der Waals surface area contributed by atoms with Crippen LogP contribution >= 0.6 is 15.9 Å². The molecule has 0 saturated heterocycles. The second kappa shape index (κ2) is 6.56. The fraction of sp³-hybridized carbons (Fsp3) is 0.250. The van der Waals surface area contributed by atoms with Gasteiger partial charge in [0.2, 0.25) is 0 Å². The Balaban J connectivity index is 2.52. The van der Waals surface area contributed by atoms with E-state index in [1.165, 1.54) is 6.07 Å². The number of hydrogen-bond donors (Lipinski definition) is 2. The van der Waals surface area contributed by atoms with Crippen LogP contribution in [-0.4, -0.2) is 7.11 Å². The van der Waals surface area contributed by atoms with Gasteiger partial charge in [-0.15, -0.1) is 0 Å². The SMILES string of the molecule is COc1ccc(C(NN)c2c(C)cc(C)cc2F)cc1Br. The van der Waals surface area contributed by atoms with Crippen molar-refractivity contribution in [2.45, 2.75) is 19.9 Å². The first-order valence-electron chi connectivity index (χ1n) is 6.54. The van der Waals surface area contributed by atoms with E-state index < -0.39 is 6.04 Å². The molecule has 0 heterocycles. The van der Waals surface area contributed by atoms with Crippen molar-refractivity contribution in [1.82, 2.24) is 5.43 Å². The van der Waals surface area contributed by atoms with Crippen LogP contribution in [0, 0.1) is 19.7 Å². The molecule has 0 aromatic heterocycles. The third-order valence-corrected chi connectivity index (χ3v) is 4.06. The molecule has 0 spiro atoms. The highest BCUT2D eigenvalue weighted by Gasteiger charge is 2.20. The largest absolute Gasteiger partial charge is 0.496 e. The van der Waals surface area contributed by atoms with E-state index in [-0.39, 0.29) is 5.82 Å². The van der Waals surface area contributed by atoms with Gasteiger partial charge in [0, 0.05) is 5.56 Å². The summed E-state index contributed by atoms with van der Waals surface area (Å²) in [5.41, 5.74) is 5.86. The first kappa shape index (κ1) is 15.9. The van der Waals surface area contributed by atoms with Crippen LogP contribution in [0.1, 0.15) is 28.3 Å². The molecule has 2 aromatic carbocycles. The highest BCUT2D eigenvalue weighted by atomic mass is 79.9. The number of nitrogens with one attached hydrogen (secondary N) is 1. The lowest BCUT2D eigenvalue weighted by atomic mass is 9.93. The summed E-state index contributed by atoms with van der Waals surface area (Å²) in [7, 11) is 1.60. The molecule has 0 aliphatic heterocycles. The summed E-state index contributed by atoms with van der Waals surface area (Å²) in [6.45, 7) is 3.75. The Morgan fingerprint density at radius 2 is 1.95 bits per heavy atom. The van der Waals surface area contributed by atoms with Gasteiger partial charge in [-0.3, -0.25) is 5.84 Å². The summed E-state index contributed by atoms with van der Waals surface area (Å²) >= 11 is 3.44. The molecule has 0 fully saturated rings. The van der Waals surface area contributed by atoms with Crippen molar-refractivity contribution >= 4 is 15.9 Å². The predicted molar refractivity (Wildman–Crippen MR) is 85.7 cm³/mol. The molecule has 2 aromatic rings. The van der Waals surface area contributed by atoms with Crippen molar-refractivity contribution in [1.29, 1.82) is 0 Å². The average molecular weight is 353 g/mol. The zero-order valence-corrected chi connectivity index (χ0v) is 13.8. The molecular formula is C16H18BrFN2O. The molecule has 0 aliphatic rings. The predicted octanol–water partition coefficient (Wildman–Crippen LogP) is 3.77. The fourth-order valence-corrected chi connectivity index (χ4v) is 3.06. The molecule has 1 atom stereocenters. The summed E-state index contributed by atoms with van der Waals surface area (Å²) in [6, 6.07) is 8.61. The number of hydrazine groups is 1. The Hall–Kier alpha value is -1.43. The summed E-state index contributed by atoms with van der Waals surface area (Å²) in [5.74, 6) is 6.13. The molecule has 21 heavy (non-hydrogen) atoms. The maximum Gasteiger partial charge on any atom is 0.133 e. The minimum absolute atomic E-state index is 0.262. The number of halogens is 2. The zero-order chi connectivity index (χ0) is 15.6. The number of ether oxygens (including phenoxy) is 1. The lowest BCUT2D eigenvalue weighted by Gasteiger charge is -2.21. The minimum atomic E-state index is -0.423. The van der Waals surface area contributed by atoms with E-state index in [2.05, 4.69) is 21.4 Å². The van der Waals surface area contributed by atoms with Crippen molar-refractivity contribution < 1.29 is 9.13 Å². The van der Waals surface area contributed by atoms with Gasteiger partial charge in [0.05, 0.1) is 17.6 Å². The second-order valence-corrected chi connectivity index (χ2v) is 5.83. The number of hydrogen-bond acceptors (Lipinski definition) is 3. The molecule has 0 aliphatic carbocycles. The number of methoxy groups -OCH3 is 1. The lowest BCUT2D eigenvalue weighted by molar-refractivity contribution is 0.411. The fourth-order valence-electron chi connectivity index (χ4n) is 2.50. The van der Waals surface area contributed by atoms with Gasteiger partial charge in [0.15, 0.2) is 0 Å². The maximum atomic E-state index is 14.3. The van der Waals surface area contributed by atoms with Crippen LogP contribution in [0.15, 0.2) is 34.8 Å². The number of benzene rings is 2. The highest BCUT2D eigenvalue weighted by Crippen LogP contribution is 2.32. The van der Waals surface area contributed by atoms with Crippen molar-refractivity contribution in [3.63, 3.8) is 0 Å². The van der Waals surface area contributed by atoms with E-state index in [9.17, 15) is 4.39 Å². The highest BCUT2D eigenvalue weighted by molar-refractivity contribution is 9.10. The van der Waals surface area contributed by atoms with Crippen molar-refractivity contribution in [3.05, 3.63) is 62.9 Å². The molecule has 3 nitrogen and oxygen atoms in total. The van der Waals surface area contributed by atoms with E-state index in [0.29, 0.717) is 5.56 Å². The Morgan fingerprint density at radius 1 is 1.24 bits per heavy atom. The molecular weight excluding hydrogens is 335 g/mol. The number of rotatable bonds is 4. The Kier molecular flexibility index (Phi) is 4.98. The second-order valence-electron chi connectivity index (χ2n) is 4.97. The molecule has 0 amide bonds. The van der Waals surface area contributed by atoms with Crippen LogP contribution in [-0.2, 0) is 0 Å². The first-order valence-corrected chi connectivity index (χ1v) is 7.33. The number of aryl methyl sites for hydroxylation is 2. The normalized spacial score (nSPS) is 12.3. The first-order chi connectivity index (χ1) is 9.97. The molecule has 5 heteroatoms. The molecule has 1 unspecified atom stereocenters. The topological polar surface area (TPSA) is 47.3 Å². The maximum absolute atomic E-state index is 14.3. The van der Waals surface area contributed by atoms with Gasteiger partial charge >= 0.3 is 0 Å². The summed E-state index contributed by atoms with van der Waals surface area (Å²) in [5, 5.41) is 0. The summed E-state index contributed by atoms with van der Waals surface area (Å²) < 4.78 is 20.4. The van der Waals surface area contributed by atoms with Crippen LogP contribution in [0.4, 0.5) is 4.39 Å². The van der Waals surface area contributed by atoms with Crippen molar-refractivity contribution in [2.24, 2.45) is 5.84 Å². The van der Waals surface area contributed by atoms with Crippen LogP contribution in [0.3, 0.4) is 0 Å².